The van der Waals surface area contributed by atoms with Crippen LogP contribution in [0, 0.1) is 5.92 Å². The lowest BCUT2D eigenvalue weighted by Gasteiger charge is -2.08. The van der Waals surface area contributed by atoms with Crippen molar-refractivity contribution in [1.82, 2.24) is 0 Å². The summed E-state index contributed by atoms with van der Waals surface area (Å²) in [7, 11) is 0. The minimum absolute atomic E-state index is 0.231. The van der Waals surface area contributed by atoms with Crippen LogP contribution in [-0.4, -0.2) is 10.2 Å². The SMILES string of the molecule is CCC(C)CCCCc1cc(O)ccc1O. The van der Waals surface area contributed by atoms with Gasteiger partial charge in [0.1, 0.15) is 11.5 Å². The van der Waals surface area contributed by atoms with Crippen LogP contribution in [0.5, 0.6) is 11.5 Å². The summed E-state index contributed by atoms with van der Waals surface area (Å²) in [6.07, 6.45) is 5.58. The number of hydrogen-bond donors (Lipinski definition) is 2. The van der Waals surface area contributed by atoms with Crippen LogP contribution in [0.15, 0.2) is 18.2 Å². The van der Waals surface area contributed by atoms with E-state index in [9.17, 15) is 10.2 Å². The van der Waals surface area contributed by atoms with Gasteiger partial charge in [0.05, 0.1) is 0 Å². The summed E-state index contributed by atoms with van der Waals surface area (Å²) in [5, 5.41) is 18.9. The Morgan fingerprint density at radius 2 is 1.94 bits per heavy atom. The van der Waals surface area contributed by atoms with Crippen LogP contribution >= 0.6 is 0 Å². The van der Waals surface area contributed by atoms with Gasteiger partial charge in [0, 0.05) is 0 Å². The van der Waals surface area contributed by atoms with E-state index in [0.29, 0.717) is 5.75 Å². The molecule has 0 saturated heterocycles. The molecule has 1 rings (SSSR count). The van der Waals surface area contributed by atoms with Gasteiger partial charge in [-0.1, -0.05) is 33.1 Å². The lowest BCUT2D eigenvalue weighted by atomic mass is 9.99. The summed E-state index contributed by atoms with van der Waals surface area (Å²) in [5.41, 5.74) is 0.851. The van der Waals surface area contributed by atoms with Crippen LogP contribution in [0.25, 0.3) is 0 Å². The number of hydrogen-bond acceptors (Lipinski definition) is 2. The predicted octanol–water partition coefficient (Wildman–Crippen LogP) is 3.86. The molecule has 16 heavy (non-hydrogen) atoms. The van der Waals surface area contributed by atoms with Crippen molar-refractivity contribution in [2.24, 2.45) is 5.92 Å². The fourth-order valence-corrected chi connectivity index (χ4v) is 1.78. The fraction of sp³-hybridized carbons (Fsp3) is 0.571. The minimum Gasteiger partial charge on any atom is -0.508 e. The van der Waals surface area contributed by atoms with Crippen molar-refractivity contribution in [3.63, 3.8) is 0 Å². The van der Waals surface area contributed by atoms with Crippen molar-refractivity contribution in [2.45, 2.75) is 46.0 Å². The van der Waals surface area contributed by atoms with Crippen LogP contribution in [0.2, 0.25) is 0 Å². The van der Waals surface area contributed by atoms with Gasteiger partial charge < -0.3 is 10.2 Å². The number of rotatable bonds is 6. The second kappa shape index (κ2) is 6.41. The summed E-state index contributed by atoms with van der Waals surface area (Å²) in [4.78, 5) is 0. The zero-order chi connectivity index (χ0) is 12.0. The first-order valence-corrected chi connectivity index (χ1v) is 6.14. The number of unbranched alkanes of at least 4 members (excludes halogenated alkanes) is 1. The Labute approximate surface area is 97.9 Å². The van der Waals surface area contributed by atoms with Crippen molar-refractivity contribution in [3.05, 3.63) is 23.8 Å². The summed E-state index contributed by atoms with van der Waals surface area (Å²) in [5.74, 6) is 1.31. The second-order valence-electron chi connectivity index (χ2n) is 4.57. The topological polar surface area (TPSA) is 40.5 Å². The van der Waals surface area contributed by atoms with Crippen molar-refractivity contribution in [1.29, 1.82) is 0 Å². The van der Waals surface area contributed by atoms with Crippen LogP contribution in [0.3, 0.4) is 0 Å². The Hall–Kier alpha value is -1.18. The second-order valence-corrected chi connectivity index (χ2v) is 4.57. The summed E-state index contributed by atoms with van der Waals surface area (Å²) in [6.45, 7) is 4.48. The van der Waals surface area contributed by atoms with Gasteiger partial charge in [-0.2, -0.15) is 0 Å². The van der Waals surface area contributed by atoms with E-state index >= 15 is 0 Å². The average Bonchev–Trinajstić information content (AvgIpc) is 2.28. The molecule has 1 unspecified atom stereocenters. The molecule has 0 heterocycles. The van der Waals surface area contributed by atoms with E-state index in [1.54, 1.807) is 12.1 Å². The Balaban J connectivity index is 2.34. The summed E-state index contributed by atoms with van der Waals surface area (Å²) < 4.78 is 0. The molecule has 90 valence electrons. The van der Waals surface area contributed by atoms with Crippen molar-refractivity contribution in [2.75, 3.05) is 0 Å². The standard InChI is InChI=1S/C14H22O2/c1-3-11(2)6-4-5-7-12-10-13(15)8-9-14(12)16/h8-11,15-16H,3-7H2,1-2H3. The molecular formula is C14H22O2. The van der Waals surface area contributed by atoms with Crippen molar-refractivity contribution < 1.29 is 10.2 Å². The van der Waals surface area contributed by atoms with E-state index in [4.69, 9.17) is 0 Å². The molecule has 0 aromatic heterocycles. The quantitative estimate of drug-likeness (QED) is 0.567. The molecule has 0 aliphatic rings. The highest BCUT2D eigenvalue weighted by Gasteiger charge is 2.03. The molecule has 0 radical (unpaired) electrons. The van der Waals surface area contributed by atoms with E-state index in [-0.39, 0.29) is 5.75 Å². The molecule has 2 nitrogen and oxygen atoms in total. The molecule has 0 fully saturated rings. The van der Waals surface area contributed by atoms with Crippen LogP contribution in [0.4, 0.5) is 0 Å². The van der Waals surface area contributed by atoms with Crippen LogP contribution in [-0.2, 0) is 6.42 Å². The molecule has 1 atom stereocenters. The fourth-order valence-electron chi connectivity index (χ4n) is 1.78. The van der Waals surface area contributed by atoms with Crippen LogP contribution < -0.4 is 0 Å². The molecule has 2 N–H and O–H groups in total. The number of aromatic hydroxyl groups is 2. The molecule has 0 amide bonds. The predicted molar refractivity (Wildman–Crippen MR) is 66.8 cm³/mol. The average molecular weight is 222 g/mol. The van der Waals surface area contributed by atoms with Gasteiger partial charge in [-0.05, 0) is 42.5 Å². The maximum Gasteiger partial charge on any atom is 0.119 e. The van der Waals surface area contributed by atoms with Gasteiger partial charge in [-0.3, -0.25) is 0 Å². The van der Waals surface area contributed by atoms with E-state index in [1.165, 1.54) is 25.3 Å². The largest absolute Gasteiger partial charge is 0.508 e. The van der Waals surface area contributed by atoms with Crippen molar-refractivity contribution in [3.8, 4) is 11.5 Å². The van der Waals surface area contributed by atoms with Crippen LogP contribution in [0.1, 0.15) is 45.1 Å². The molecule has 0 aliphatic carbocycles. The van der Waals surface area contributed by atoms with E-state index < -0.39 is 0 Å². The monoisotopic (exact) mass is 222 g/mol. The molecule has 0 saturated carbocycles. The van der Waals surface area contributed by atoms with E-state index in [2.05, 4.69) is 13.8 Å². The zero-order valence-corrected chi connectivity index (χ0v) is 10.2. The molecule has 2 heteroatoms. The molecular weight excluding hydrogens is 200 g/mol. The van der Waals surface area contributed by atoms with E-state index in [0.717, 1.165) is 24.3 Å². The highest BCUT2D eigenvalue weighted by molar-refractivity contribution is 5.38. The van der Waals surface area contributed by atoms with Gasteiger partial charge in [-0.15, -0.1) is 0 Å². The molecule has 1 aromatic carbocycles. The Bertz CT molecular complexity index is 321. The van der Waals surface area contributed by atoms with E-state index in [1.807, 2.05) is 0 Å². The third-order valence-corrected chi connectivity index (χ3v) is 3.15. The van der Waals surface area contributed by atoms with Gasteiger partial charge in [0.25, 0.3) is 0 Å². The van der Waals surface area contributed by atoms with Gasteiger partial charge in [-0.25, -0.2) is 0 Å². The highest BCUT2D eigenvalue weighted by Crippen LogP contribution is 2.24. The van der Waals surface area contributed by atoms with Gasteiger partial charge >= 0.3 is 0 Å². The molecule has 0 bridgehead atoms. The Kier molecular flexibility index (Phi) is 5.17. The highest BCUT2D eigenvalue weighted by atomic mass is 16.3. The normalized spacial score (nSPS) is 12.6. The minimum atomic E-state index is 0.231. The number of benzene rings is 1. The first kappa shape index (κ1) is 12.9. The third-order valence-electron chi connectivity index (χ3n) is 3.15. The Morgan fingerprint density at radius 3 is 2.62 bits per heavy atom. The first-order valence-electron chi connectivity index (χ1n) is 6.14. The van der Waals surface area contributed by atoms with Gasteiger partial charge in [0.2, 0.25) is 0 Å². The molecule has 1 aromatic rings. The maximum absolute atomic E-state index is 9.58. The Morgan fingerprint density at radius 1 is 1.19 bits per heavy atom. The molecule has 0 aliphatic heterocycles. The third kappa shape index (κ3) is 4.13. The zero-order valence-electron chi connectivity index (χ0n) is 10.2. The summed E-state index contributed by atoms with van der Waals surface area (Å²) >= 11 is 0. The maximum atomic E-state index is 9.58. The molecule has 0 spiro atoms. The van der Waals surface area contributed by atoms with Gasteiger partial charge in [0.15, 0.2) is 0 Å². The first-order chi connectivity index (χ1) is 7.63. The number of aryl methyl sites for hydroxylation is 1. The van der Waals surface area contributed by atoms with Crippen molar-refractivity contribution >= 4 is 0 Å². The number of phenolic OH excluding ortho intramolecular Hbond substituents is 2. The lowest BCUT2D eigenvalue weighted by Crippen LogP contribution is -1.93. The lowest BCUT2D eigenvalue weighted by molar-refractivity contribution is 0.449. The smallest absolute Gasteiger partial charge is 0.119 e. The summed E-state index contributed by atoms with van der Waals surface area (Å²) in [6, 6.07) is 4.72. The number of phenols is 2.